The molecule has 1 atom stereocenters. The average Bonchev–Trinajstić information content (AvgIpc) is 2.81. The van der Waals surface area contributed by atoms with Crippen LogP contribution in [-0.2, 0) is 0 Å². The molecule has 0 amide bonds. The summed E-state index contributed by atoms with van der Waals surface area (Å²) in [7, 11) is 0. The smallest absolute Gasteiger partial charge is 0.243 e. The predicted molar refractivity (Wildman–Crippen MR) is 78.8 cm³/mol. The maximum atomic E-state index is 6.01. The lowest BCUT2D eigenvalue weighted by molar-refractivity contribution is 0.335. The maximum absolute atomic E-state index is 6.01. The molecule has 6 heteroatoms. The lowest BCUT2D eigenvalue weighted by Gasteiger charge is -2.08. The monoisotopic (exact) mass is 343 g/mol. The van der Waals surface area contributed by atoms with E-state index < -0.39 is 0 Å². The van der Waals surface area contributed by atoms with E-state index in [0.717, 1.165) is 16.5 Å². The molecule has 0 aliphatic carbocycles. The molecule has 0 radical (unpaired) electrons. The standard InChI is InChI=1S/C13H15BrClN3O/c1-7(2)5-11(16)13-17-12(18-19-13)8-3-4-10(15)9(14)6-8/h3-4,6-7,11H,5,16H2,1-2H3. The number of nitrogens with two attached hydrogens (primary N) is 1. The van der Waals surface area contributed by atoms with Crippen LogP contribution in [0.1, 0.15) is 32.2 Å². The van der Waals surface area contributed by atoms with E-state index in [2.05, 4.69) is 39.9 Å². The second-order valence-corrected chi connectivity index (χ2v) is 6.08. The highest BCUT2D eigenvalue weighted by Crippen LogP contribution is 2.28. The molecular formula is C13H15BrClN3O. The molecule has 2 aromatic rings. The third-order valence-electron chi connectivity index (χ3n) is 2.66. The Balaban J connectivity index is 2.22. The number of benzene rings is 1. The minimum atomic E-state index is -0.225. The second-order valence-electron chi connectivity index (χ2n) is 4.82. The first-order valence-corrected chi connectivity index (χ1v) is 7.19. The fourth-order valence-electron chi connectivity index (χ4n) is 1.75. The summed E-state index contributed by atoms with van der Waals surface area (Å²) < 4.78 is 6.01. The first-order chi connectivity index (χ1) is 8.97. The van der Waals surface area contributed by atoms with E-state index in [1.807, 2.05) is 12.1 Å². The van der Waals surface area contributed by atoms with Gasteiger partial charge in [-0.3, -0.25) is 0 Å². The Hall–Kier alpha value is -0.910. The fourth-order valence-corrected chi connectivity index (χ4v) is 2.24. The van der Waals surface area contributed by atoms with Crippen LogP contribution >= 0.6 is 27.5 Å². The van der Waals surface area contributed by atoms with Crippen molar-refractivity contribution in [3.05, 3.63) is 33.6 Å². The van der Waals surface area contributed by atoms with Gasteiger partial charge in [0.25, 0.3) is 0 Å². The zero-order valence-electron chi connectivity index (χ0n) is 10.7. The van der Waals surface area contributed by atoms with Gasteiger partial charge >= 0.3 is 0 Å². The van der Waals surface area contributed by atoms with Gasteiger partial charge in [0.1, 0.15) is 0 Å². The molecule has 2 N–H and O–H groups in total. The molecule has 0 bridgehead atoms. The Labute approximate surface area is 125 Å². The molecule has 0 aliphatic heterocycles. The number of nitrogens with zero attached hydrogens (tertiary/aromatic N) is 2. The Bertz CT molecular complexity index is 571. The second kappa shape index (κ2) is 6.03. The van der Waals surface area contributed by atoms with Gasteiger partial charge in [0.05, 0.1) is 11.1 Å². The predicted octanol–water partition coefficient (Wildman–Crippen LogP) is 4.20. The Morgan fingerprint density at radius 1 is 1.42 bits per heavy atom. The molecule has 0 fully saturated rings. The summed E-state index contributed by atoms with van der Waals surface area (Å²) >= 11 is 9.32. The van der Waals surface area contributed by atoms with E-state index in [9.17, 15) is 0 Å². The number of aromatic nitrogens is 2. The third-order valence-corrected chi connectivity index (χ3v) is 3.88. The van der Waals surface area contributed by atoms with Gasteiger partial charge in [-0.25, -0.2) is 0 Å². The van der Waals surface area contributed by atoms with Crippen molar-refractivity contribution in [3.8, 4) is 11.4 Å². The largest absolute Gasteiger partial charge is 0.337 e. The molecule has 1 heterocycles. The highest BCUT2D eigenvalue weighted by atomic mass is 79.9. The van der Waals surface area contributed by atoms with Gasteiger partial charge in [-0.2, -0.15) is 4.98 Å². The summed E-state index contributed by atoms with van der Waals surface area (Å²) in [6.45, 7) is 4.21. The molecule has 1 unspecified atom stereocenters. The number of hydrogen-bond acceptors (Lipinski definition) is 4. The van der Waals surface area contributed by atoms with Crippen molar-refractivity contribution < 1.29 is 4.52 Å². The van der Waals surface area contributed by atoms with E-state index >= 15 is 0 Å². The van der Waals surface area contributed by atoms with Crippen LogP contribution in [0.25, 0.3) is 11.4 Å². The highest BCUT2D eigenvalue weighted by molar-refractivity contribution is 9.10. The summed E-state index contributed by atoms with van der Waals surface area (Å²) in [6.07, 6.45) is 0.811. The van der Waals surface area contributed by atoms with Crippen LogP contribution in [-0.4, -0.2) is 10.1 Å². The number of rotatable bonds is 4. The normalized spacial score (nSPS) is 12.9. The van der Waals surface area contributed by atoms with Gasteiger partial charge < -0.3 is 10.3 Å². The minimum Gasteiger partial charge on any atom is -0.337 e. The van der Waals surface area contributed by atoms with Crippen LogP contribution in [0.3, 0.4) is 0 Å². The fraction of sp³-hybridized carbons (Fsp3) is 0.385. The van der Waals surface area contributed by atoms with E-state index in [-0.39, 0.29) is 6.04 Å². The molecule has 0 spiro atoms. The van der Waals surface area contributed by atoms with Crippen molar-refractivity contribution in [1.82, 2.24) is 10.1 Å². The molecule has 0 saturated heterocycles. The van der Waals surface area contributed by atoms with Crippen LogP contribution in [0.4, 0.5) is 0 Å². The molecule has 0 aliphatic rings. The van der Waals surface area contributed by atoms with Gasteiger partial charge in [0.15, 0.2) is 0 Å². The molecule has 0 saturated carbocycles. The van der Waals surface area contributed by atoms with Gasteiger partial charge in [0, 0.05) is 10.0 Å². The van der Waals surface area contributed by atoms with Crippen LogP contribution in [0.2, 0.25) is 5.02 Å². The molecule has 19 heavy (non-hydrogen) atoms. The van der Waals surface area contributed by atoms with Gasteiger partial charge in [0.2, 0.25) is 11.7 Å². The maximum Gasteiger partial charge on any atom is 0.243 e. The van der Waals surface area contributed by atoms with Gasteiger partial charge in [-0.1, -0.05) is 30.6 Å². The zero-order valence-corrected chi connectivity index (χ0v) is 13.1. The summed E-state index contributed by atoms with van der Waals surface area (Å²) in [6, 6.07) is 5.25. The van der Waals surface area contributed by atoms with E-state index in [0.29, 0.717) is 22.7 Å². The number of halogens is 2. The summed E-state index contributed by atoms with van der Waals surface area (Å²) in [5.41, 5.74) is 6.85. The van der Waals surface area contributed by atoms with Gasteiger partial charge in [-0.15, -0.1) is 0 Å². The van der Waals surface area contributed by atoms with Crippen LogP contribution in [0, 0.1) is 5.92 Å². The first-order valence-electron chi connectivity index (χ1n) is 6.02. The summed E-state index contributed by atoms with van der Waals surface area (Å²) in [5.74, 6) is 1.47. The van der Waals surface area contributed by atoms with Crippen LogP contribution in [0.15, 0.2) is 27.2 Å². The Morgan fingerprint density at radius 2 is 2.16 bits per heavy atom. The summed E-state index contributed by atoms with van der Waals surface area (Å²) in [5, 5.41) is 4.60. The molecule has 1 aromatic carbocycles. The topological polar surface area (TPSA) is 64.9 Å². The van der Waals surface area contributed by atoms with Crippen LogP contribution in [0.5, 0.6) is 0 Å². The van der Waals surface area contributed by atoms with E-state index in [4.69, 9.17) is 21.9 Å². The molecule has 102 valence electrons. The Morgan fingerprint density at radius 3 is 2.79 bits per heavy atom. The van der Waals surface area contributed by atoms with Crippen molar-refractivity contribution in [2.45, 2.75) is 26.3 Å². The van der Waals surface area contributed by atoms with Crippen molar-refractivity contribution in [2.75, 3.05) is 0 Å². The van der Waals surface area contributed by atoms with E-state index in [1.165, 1.54) is 0 Å². The lowest BCUT2D eigenvalue weighted by Crippen LogP contribution is -2.13. The SMILES string of the molecule is CC(C)CC(N)c1nc(-c2ccc(Cl)c(Br)c2)no1. The average molecular weight is 345 g/mol. The molecule has 1 aromatic heterocycles. The molecule has 4 nitrogen and oxygen atoms in total. The van der Waals surface area contributed by atoms with Crippen molar-refractivity contribution in [2.24, 2.45) is 11.7 Å². The molecular weight excluding hydrogens is 330 g/mol. The van der Waals surface area contributed by atoms with E-state index in [1.54, 1.807) is 6.07 Å². The quantitative estimate of drug-likeness (QED) is 0.903. The molecule has 2 rings (SSSR count). The van der Waals surface area contributed by atoms with Crippen molar-refractivity contribution in [1.29, 1.82) is 0 Å². The van der Waals surface area contributed by atoms with Crippen molar-refractivity contribution in [3.63, 3.8) is 0 Å². The lowest BCUT2D eigenvalue weighted by atomic mass is 10.0. The summed E-state index contributed by atoms with van der Waals surface area (Å²) in [4.78, 5) is 4.34. The zero-order chi connectivity index (χ0) is 14.0. The van der Waals surface area contributed by atoms with Crippen molar-refractivity contribution >= 4 is 27.5 Å². The van der Waals surface area contributed by atoms with Gasteiger partial charge in [-0.05, 0) is 46.5 Å². The highest BCUT2D eigenvalue weighted by Gasteiger charge is 2.17. The Kier molecular flexibility index (Phi) is 4.60. The first kappa shape index (κ1) is 14.5. The van der Waals surface area contributed by atoms with Crippen LogP contribution < -0.4 is 5.73 Å². The third kappa shape index (κ3) is 3.55. The minimum absolute atomic E-state index is 0.225. The number of hydrogen-bond donors (Lipinski definition) is 1.